The highest BCUT2D eigenvalue weighted by Crippen LogP contribution is 2.17. The summed E-state index contributed by atoms with van der Waals surface area (Å²) >= 11 is 0. The third-order valence-electron chi connectivity index (χ3n) is 1.48. The average Bonchev–Trinajstić information content (AvgIpc) is 2.84. The topological polar surface area (TPSA) is 96.2 Å². The molecule has 5 N–H and O–H groups in total. The number of urea groups is 1. The molecule has 0 aromatic carbocycles. The highest BCUT2D eigenvalue weighted by atomic mass is 35.5. The fourth-order valence-electron chi connectivity index (χ4n) is 0.718. The second kappa shape index (κ2) is 5.60. The van der Waals surface area contributed by atoms with Gasteiger partial charge in [-0.25, -0.2) is 10.6 Å². The molecule has 0 saturated heterocycles. The van der Waals surface area contributed by atoms with Crippen molar-refractivity contribution in [3.63, 3.8) is 0 Å². The minimum absolute atomic E-state index is 0. The SMILES string of the molecule is Cl.NNC(=O)NCC(=O)NC1CC1. The van der Waals surface area contributed by atoms with Gasteiger partial charge in [0.1, 0.15) is 0 Å². The third-order valence-corrected chi connectivity index (χ3v) is 1.48. The van der Waals surface area contributed by atoms with Crippen LogP contribution in [0.25, 0.3) is 0 Å². The standard InChI is InChI=1S/C6H12N4O2.ClH/c7-10-6(12)8-3-5(11)9-4-1-2-4;/h4H,1-3,7H2,(H,9,11)(H2,8,10,12);1H. The van der Waals surface area contributed by atoms with Gasteiger partial charge in [-0.15, -0.1) is 12.4 Å². The Hall–Kier alpha value is -1.01. The molecule has 1 rings (SSSR count). The Labute approximate surface area is 82.0 Å². The van der Waals surface area contributed by atoms with Crippen LogP contribution in [0.15, 0.2) is 0 Å². The lowest BCUT2D eigenvalue weighted by atomic mass is 10.5. The molecule has 0 radical (unpaired) electrons. The summed E-state index contributed by atoms with van der Waals surface area (Å²) in [6.45, 7) is -0.0282. The Balaban J connectivity index is 0.00000144. The number of carbonyl (C=O) groups excluding carboxylic acids is 2. The molecule has 1 saturated carbocycles. The zero-order valence-corrected chi connectivity index (χ0v) is 7.82. The predicted molar refractivity (Wildman–Crippen MR) is 49.1 cm³/mol. The van der Waals surface area contributed by atoms with Crippen LogP contribution in [0, 0.1) is 0 Å². The number of hydrogen-bond acceptors (Lipinski definition) is 3. The molecule has 0 aromatic heterocycles. The molecular weight excluding hydrogens is 196 g/mol. The summed E-state index contributed by atoms with van der Waals surface area (Å²) in [6.07, 6.45) is 2.07. The fourth-order valence-corrected chi connectivity index (χ4v) is 0.718. The molecule has 0 aromatic rings. The fraction of sp³-hybridized carbons (Fsp3) is 0.667. The predicted octanol–water partition coefficient (Wildman–Crippen LogP) is -1.14. The van der Waals surface area contributed by atoms with Crippen molar-refractivity contribution in [2.75, 3.05) is 6.54 Å². The van der Waals surface area contributed by atoms with Gasteiger partial charge < -0.3 is 10.6 Å². The highest BCUT2D eigenvalue weighted by Gasteiger charge is 2.22. The van der Waals surface area contributed by atoms with Crippen LogP contribution in [0.5, 0.6) is 0 Å². The van der Waals surface area contributed by atoms with E-state index in [0.29, 0.717) is 6.04 Å². The normalized spacial score (nSPS) is 13.9. The lowest BCUT2D eigenvalue weighted by molar-refractivity contribution is -0.120. The monoisotopic (exact) mass is 208 g/mol. The minimum atomic E-state index is -0.555. The number of hydrogen-bond donors (Lipinski definition) is 4. The van der Waals surface area contributed by atoms with Crippen molar-refractivity contribution in [2.24, 2.45) is 5.84 Å². The molecule has 0 spiro atoms. The van der Waals surface area contributed by atoms with E-state index in [1.165, 1.54) is 0 Å². The van der Waals surface area contributed by atoms with Crippen LogP contribution in [0.1, 0.15) is 12.8 Å². The van der Waals surface area contributed by atoms with Crippen molar-refractivity contribution >= 4 is 24.3 Å². The summed E-state index contributed by atoms with van der Waals surface area (Å²) in [6, 6.07) is -0.235. The molecule has 0 aliphatic heterocycles. The van der Waals surface area contributed by atoms with E-state index in [2.05, 4.69) is 10.6 Å². The lowest BCUT2D eigenvalue weighted by Gasteiger charge is -2.04. The van der Waals surface area contributed by atoms with Gasteiger partial charge in [0.05, 0.1) is 6.54 Å². The van der Waals surface area contributed by atoms with Crippen LogP contribution in [0.2, 0.25) is 0 Å². The molecule has 0 heterocycles. The third kappa shape index (κ3) is 5.26. The van der Waals surface area contributed by atoms with Crippen LogP contribution in [0.3, 0.4) is 0 Å². The first-order valence-electron chi connectivity index (χ1n) is 3.76. The van der Waals surface area contributed by atoms with E-state index < -0.39 is 6.03 Å². The van der Waals surface area contributed by atoms with Crippen molar-refractivity contribution < 1.29 is 9.59 Å². The highest BCUT2D eigenvalue weighted by molar-refractivity contribution is 5.85. The molecule has 6 nitrogen and oxygen atoms in total. The zero-order chi connectivity index (χ0) is 8.97. The van der Waals surface area contributed by atoms with Crippen molar-refractivity contribution in [3.05, 3.63) is 0 Å². The first-order chi connectivity index (χ1) is 5.72. The number of carbonyl (C=O) groups is 2. The van der Waals surface area contributed by atoms with E-state index in [9.17, 15) is 9.59 Å². The van der Waals surface area contributed by atoms with E-state index in [1.807, 2.05) is 5.43 Å². The summed E-state index contributed by atoms with van der Waals surface area (Å²) in [5, 5.41) is 4.99. The molecule has 1 aliphatic rings. The van der Waals surface area contributed by atoms with Gasteiger partial charge in [0, 0.05) is 6.04 Å². The summed E-state index contributed by atoms with van der Waals surface area (Å²) in [5.74, 6) is 4.60. The second-order valence-corrected chi connectivity index (χ2v) is 2.67. The molecule has 1 aliphatic carbocycles. The van der Waals surface area contributed by atoms with Gasteiger partial charge >= 0.3 is 6.03 Å². The molecule has 1 fully saturated rings. The maximum absolute atomic E-state index is 10.9. The molecule has 0 unspecified atom stereocenters. The van der Waals surface area contributed by atoms with Gasteiger partial charge in [0.25, 0.3) is 0 Å². The van der Waals surface area contributed by atoms with E-state index in [-0.39, 0.29) is 24.9 Å². The van der Waals surface area contributed by atoms with Crippen LogP contribution in [-0.4, -0.2) is 24.5 Å². The van der Waals surface area contributed by atoms with Crippen molar-refractivity contribution in [1.29, 1.82) is 0 Å². The largest absolute Gasteiger partial charge is 0.352 e. The van der Waals surface area contributed by atoms with E-state index in [1.54, 1.807) is 0 Å². The van der Waals surface area contributed by atoms with Crippen LogP contribution >= 0.6 is 12.4 Å². The molecular formula is C6H13ClN4O2. The Morgan fingerprint density at radius 2 is 2.00 bits per heavy atom. The molecule has 0 atom stereocenters. The van der Waals surface area contributed by atoms with Crippen LogP contribution < -0.4 is 21.9 Å². The maximum Gasteiger partial charge on any atom is 0.329 e. The number of nitrogens with one attached hydrogen (secondary N) is 3. The Morgan fingerprint density at radius 1 is 1.38 bits per heavy atom. The zero-order valence-electron chi connectivity index (χ0n) is 7.00. The first kappa shape index (κ1) is 12.0. The van der Waals surface area contributed by atoms with Gasteiger partial charge in [-0.1, -0.05) is 0 Å². The summed E-state index contributed by atoms with van der Waals surface area (Å²) in [5.41, 5.74) is 1.86. The van der Waals surface area contributed by atoms with E-state index in [0.717, 1.165) is 12.8 Å². The lowest BCUT2D eigenvalue weighted by Crippen LogP contribution is -2.44. The summed E-state index contributed by atoms with van der Waals surface area (Å²) in [7, 11) is 0. The van der Waals surface area contributed by atoms with Gasteiger partial charge in [-0.05, 0) is 12.8 Å². The van der Waals surface area contributed by atoms with E-state index >= 15 is 0 Å². The Kier molecular flexibility index (Phi) is 5.17. The summed E-state index contributed by atoms with van der Waals surface area (Å²) in [4.78, 5) is 21.4. The molecule has 0 bridgehead atoms. The first-order valence-corrected chi connectivity index (χ1v) is 3.76. The maximum atomic E-state index is 10.9. The van der Waals surface area contributed by atoms with Crippen molar-refractivity contribution in [1.82, 2.24) is 16.1 Å². The van der Waals surface area contributed by atoms with Crippen LogP contribution in [-0.2, 0) is 4.79 Å². The van der Waals surface area contributed by atoms with Gasteiger partial charge in [0.15, 0.2) is 0 Å². The molecule has 13 heavy (non-hydrogen) atoms. The van der Waals surface area contributed by atoms with E-state index in [4.69, 9.17) is 5.84 Å². The number of rotatable bonds is 3. The molecule has 3 amide bonds. The molecule has 76 valence electrons. The molecule has 7 heteroatoms. The Bertz CT molecular complexity index is 195. The number of amides is 3. The quantitative estimate of drug-likeness (QED) is 0.268. The second-order valence-electron chi connectivity index (χ2n) is 2.67. The number of hydrazine groups is 1. The summed E-state index contributed by atoms with van der Waals surface area (Å²) < 4.78 is 0. The van der Waals surface area contributed by atoms with Gasteiger partial charge in [0.2, 0.25) is 5.91 Å². The van der Waals surface area contributed by atoms with Crippen molar-refractivity contribution in [2.45, 2.75) is 18.9 Å². The van der Waals surface area contributed by atoms with Crippen LogP contribution in [0.4, 0.5) is 4.79 Å². The Morgan fingerprint density at radius 3 is 2.46 bits per heavy atom. The van der Waals surface area contributed by atoms with Gasteiger partial charge in [-0.3, -0.25) is 10.2 Å². The number of nitrogens with two attached hydrogens (primary N) is 1. The van der Waals surface area contributed by atoms with Gasteiger partial charge in [-0.2, -0.15) is 0 Å². The minimum Gasteiger partial charge on any atom is -0.352 e. The average molecular weight is 209 g/mol. The smallest absolute Gasteiger partial charge is 0.329 e. The number of halogens is 1. The van der Waals surface area contributed by atoms with Crippen molar-refractivity contribution in [3.8, 4) is 0 Å².